The molecule has 53 heavy (non-hydrogen) atoms. The van der Waals surface area contributed by atoms with Crippen LogP contribution in [0.4, 0.5) is 15.8 Å². The summed E-state index contributed by atoms with van der Waals surface area (Å²) in [6.45, 7) is 4.67. The van der Waals surface area contributed by atoms with E-state index in [0.717, 1.165) is 64.0 Å². The highest BCUT2D eigenvalue weighted by Crippen LogP contribution is 2.44. The molecule has 3 aromatic rings. The lowest BCUT2D eigenvalue weighted by Gasteiger charge is -2.47. The van der Waals surface area contributed by atoms with Crippen LogP contribution >= 0.6 is 11.6 Å². The molecule has 4 aliphatic rings. The van der Waals surface area contributed by atoms with Gasteiger partial charge in [-0.1, -0.05) is 23.7 Å². The third-order valence-corrected chi connectivity index (χ3v) is 12.4. The number of carbonyl (C=O) groups is 2. The monoisotopic (exact) mass is 749 g/mol. The Labute approximate surface area is 314 Å². The van der Waals surface area contributed by atoms with Gasteiger partial charge in [-0.2, -0.15) is 5.10 Å². The minimum absolute atomic E-state index is 0.0576. The van der Waals surface area contributed by atoms with Gasteiger partial charge in [-0.15, -0.1) is 0 Å². The van der Waals surface area contributed by atoms with E-state index >= 15 is 4.39 Å². The van der Waals surface area contributed by atoms with E-state index in [1.54, 1.807) is 13.2 Å². The highest BCUT2D eigenvalue weighted by atomic mass is 35.5. The van der Waals surface area contributed by atoms with Gasteiger partial charge in [0.2, 0.25) is 5.91 Å². The molecule has 0 radical (unpaired) electrons. The Morgan fingerprint density at radius 3 is 2.43 bits per heavy atom. The molecular weight excluding hydrogens is 701 g/mol. The van der Waals surface area contributed by atoms with Crippen LogP contribution in [0.5, 0.6) is 5.75 Å². The molecule has 12 nitrogen and oxygen atoms in total. The fourth-order valence-corrected chi connectivity index (χ4v) is 9.10. The second-order valence-corrected chi connectivity index (χ2v) is 15.8. The van der Waals surface area contributed by atoms with Crippen molar-refractivity contribution in [3.63, 3.8) is 0 Å². The number of aliphatic hydroxyl groups excluding tert-OH is 1. The van der Waals surface area contributed by atoms with Crippen molar-refractivity contribution in [3.05, 3.63) is 80.5 Å². The van der Waals surface area contributed by atoms with Crippen LogP contribution in [0, 0.1) is 11.2 Å². The number of aliphatic hydroxyl groups is 1. The molecule has 7 rings (SSSR count). The van der Waals surface area contributed by atoms with Gasteiger partial charge in [0.25, 0.3) is 11.5 Å². The van der Waals surface area contributed by atoms with Crippen molar-refractivity contribution in [2.24, 2.45) is 12.5 Å². The number of nitrogens with one attached hydrogen (secondary N) is 2. The highest BCUT2D eigenvalue weighted by molar-refractivity contribution is 6.32. The number of likely N-dealkylation sites (N-methyl/N-ethyl adjacent to an activating group) is 1. The summed E-state index contributed by atoms with van der Waals surface area (Å²) in [5, 5.41) is 20.6. The lowest BCUT2D eigenvalue weighted by molar-refractivity contribution is -0.127. The lowest BCUT2D eigenvalue weighted by atomic mass is 9.71. The number of piperidine rings is 4. The normalized spacial score (nSPS) is 24.9. The predicted molar refractivity (Wildman–Crippen MR) is 201 cm³/mol. The number of methoxy groups -OCH3 is 1. The lowest BCUT2D eigenvalue weighted by Crippen LogP contribution is -2.48. The maximum Gasteiger partial charge on any atom is 0.287 e. The van der Waals surface area contributed by atoms with E-state index in [4.69, 9.17) is 16.3 Å². The minimum atomic E-state index is -1.16. The van der Waals surface area contributed by atoms with Crippen LogP contribution in [-0.4, -0.2) is 102 Å². The van der Waals surface area contributed by atoms with Gasteiger partial charge in [-0.3, -0.25) is 14.4 Å². The number of carbonyl (C=O) groups excluding carboxylic acids is 2. The van der Waals surface area contributed by atoms with Crippen LogP contribution in [0.25, 0.3) is 0 Å². The van der Waals surface area contributed by atoms with Gasteiger partial charge in [-0.05, 0) is 80.7 Å². The number of amides is 2. The number of ether oxygens (including phenoxy) is 1. The van der Waals surface area contributed by atoms with Crippen molar-refractivity contribution in [1.29, 1.82) is 0 Å². The molecule has 2 unspecified atom stereocenters. The Hall–Kier alpha value is -4.20. The Bertz CT molecular complexity index is 1890. The van der Waals surface area contributed by atoms with E-state index in [0.29, 0.717) is 42.1 Å². The second-order valence-electron chi connectivity index (χ2n) is 15.4. The number of nitrogens with zero attached hydrogens (tertiary/aromatic N) is 5. The largest absolute Gasteiger partial charge is 0.496 e. The first-order valence-electron chi connectivity index (χ1n) is 18.6. The molecule has 4 saturated heterocycles. The van der Waals surface area contributed by atoms with E-state index in [1.165, 1.54) is 23.4 Å². The summed E-state index contributed by atoms with van der Waals surface area (Å²) in [6, 6.07) is 11.5. The van der Waals surface area contributed by atoms with Crippen molar-refractivity contribution < 1.29 is 23.8 Å². The van der Waals surface area contributed by atoms with E-state index in [-0.39, 0.29) is 46.2 Å². The van der Waals surface area contributed by atoms with E-state index in [1.807, 2.05) is 23.1 Å². The van der Waals surface area contributed by atoms with Crippen LogP contribution in [0.3, 0.4) is 0 Å². The van der Waals surface area contributed by atoms with Gasteiger partial charge >= 0.3 is 0 Å². The number of aromatic nitrogens is 2. The molecule has 5 heterocycles. The number of likely N-dealkylation sites (tertiary alicyclic amines) is 2. The van der Waals surface area contributed by atoms with Crippen molar-refractivity contribution in [2.75, 3.05) is 63.6 Å². The summed E-state index contributed by atoms with van der Waals surface area (Å²) in [6.07, 6.45) is 5.65. The van der Waals surface area contributed by atoms with Gasteiger partial charge in [-0.25, -0.2) is 9.07 Å². The van der Waals surface area contributed by atoms with Gasteiger partial charge in [0.05, 0.1) is 19.0 Å². The maximum atomic E-state index is 15.6. The van der Waals surface area contributed by atoms with Crippen LogP contribution in [-0.2, 0) is 11.8 Å². The SMILES string of the molecule is COc1cc(N2CCC3(CCN(C(=O)c4ccc([C@H]5C[C@@H](Nc6cnn(C)c(=O)c6Cl)CN(C)C5)cc4)CC3)CC2)cc(F)c1C1CCC(=O)NC1O. The summed E-state index contributed by atoms with van der Waals surface area (Å²) in [5.41, 5.74) is 3.27. The van der Waals surface area contributed by atoms with Crippen LogP contribution in [0.2, 0.25) is 5.02 Å². The zero-order valence-corrected chi connectivity index (χ0v) is 31.4. The minimum Gasteiger partial charge on any atom is -0.496 e. The maximum absolute atomic E-state index is 15.6. The number of benzene rings is 2. The summed E-state index contributed by atoms with van der Waals surface area (Å²) >= 11 is 6.32. The molecule has 4 atom stereocenters. The quantitative estimate of drug-likeness (QED) is 0.324. The first kappa shape index (κ1) is 37.1. The summed E-state index contributed by atoms with van der Waals surface area (Å²) in [5.74, 6) is -0.560. The Balaban J connectivity index is 0.928. The van der Waals surface area contributed by atoms with Gasteiger partial charge < -0.3 is 35.2 Å². The average Bonchev–Trinajstić information content (AvgIpc) is 3.15. The number of aryl methyl sites for hydroxylation is 1. The molecule has 3 N–H and O–H groups in total. The van der Waals surface area contributed by atoms with E-state index in [9.17, 15) is 19.5 Å². The zero-order valence-electron chi connectivity index (χ0n) is 30.6. The Morgan fingerprint density at radius 1 is 1.06 bits per heavy atom. The van der Waals surface area contributed by atoms with Crippen LogP contribution in [0.15, 0.2) is 47.4 Å². The van der Waals surface area contributed by atoms with E-state index in [2.05, 4.69) is 44.7 Å². The van der Waals surface area contributed by atoms with Gasteiger partial charge in [0, 0.05) is 87.6 Å². The third kappa shape index (κ3) is 7.74. The number of anilines is 2. The molecular formula is C39H49ClFN7O5. The molecule has 0 bridgehead atoms. The van der Waals surface area contributed by atoms with E-state index < -0.39 is 18.0 Å². The topological polar surface area (TPSA) is 132 Å². The Morgan fingerprint density at radius 2 is 1.75 bits per heavy atom. The van der Waals surface area contributed by atoms with Gasteiger partial charge in [0.15, 0.2) is 0 Å². The summed E-state index contributed by atoms with van der Waals surface area (Å²) < 4.78 is 22.4. The molecule has 0 saturated carbocycles. The molecule has 1 aromatic heterocycles. The molecule has 2 aromatic carbocycles. The first-order chi connectivity index (χ1) is 25.4. The van der Waals surface area contributed by atoms with Crippen molar-refractivity contribution in [1.82, 2.24) is 24.9 Å². The number of halogens is 2. The van der Waals surface area contributed by atoms with Crippen LogP contribution < -0.4 is 25.8 Å². The number of rotatable bonds is 7. The zero-order chi connectivity index (χ0) is 37.4. The average molecular weight is 750 g/mol. The summed E-state index contributed by atoms with van der Waals surface area (Å²) in [4.78, 5) is 44.0. The number of hydrogen-bond acceptors (Lipinski definition) is 9. The van der Waals surface area contributed by atoms with Gasteiger partial charge in [0.1, 0.15) is 22.8 Å². The highest BCUT2D eigenvalue weighted by Gasteiger charge is 2.40. The standard InChI is InChI=1S/C39H49ClFN7O5/c1-45-22-26(18-27(23-45)43-31-21-42-46(2)38(52)35(31)40)24-4-6-25(7-5-24)37(51)48-16-12-39(13-17-48)10-14-47(15-11-39)28-19-30(41)34(32(20-28)53-3)29-8-9-33(49)44-36(29)50/h4-7,19-21,26-27,29,36,43,50H,8-18,22-23H2,1-3H3,(H,44,49)/t26-,27+,29?,36?/m0/s1. The van der Waals surface area contributed by atoms with Crippen molar-refractivity contribution >= 4 is 34.8 Å². The molecule has 2 amide bonds. The molecule has 4 fully saturated rings. The smallest absolute Gasteiger partial charge is 0.287 e. The number of hydrogen-bond donors (Lipinski definition) is 3. The molecule has 284 valence electrons. The molecule has 14 heteroatoms. The third-order valence-electron chi connectivity index (χ3n) is 12.0. The van der Waals surface area contributed by atoms with Crippen molar-refractivity contribution in [2.45, 2.75) is 69.1 Å². The molecule has 1 spiro atoms. The molecule has 0 aliphatic carbocycles. The second kappa shape index (κ2) is 15.3. The first-order valence-corrected chi connectivity index (χ1v) is 19.0. The van der Waals surface area contributed by atoms with Crippen molar-refractivity contribution in [3.8, 4) is 5.75 Å². The predicted octanol–water partition coefficient (Wildman–Crippen LogP) is 4.32. The van der Waals surface area contributed by atoms with Crippen LogP contribution in [0.1, 0.15) is 78.3 Å². The fourth-order valence-electron chi connectivity index (χ4n) is 8.88. The summed E-state index contributed by atoms with van der Waals surface area (Å²) in [7, 11) is 5.16. The Kier molecular flexibility index (Phi) is 10.7. The fraction of sp³-hybridized carbons (Fsp3) is 0.538. The molecule has 4 aliphatic heterocycles.